The molecular formula is C21H21N3. The first-order valence-corrected chi connectivity index (χ1v) is 8.21. The normalized spacial score (nSPS) is 10.9. The minimum absolute atomic E-state index is 0.860. The molecule has 0 saturated carbocycles. The van der Waals surface area contributed by atoms with Crippen molar-refractivity contribution < 1.29 is 0 Å². The molecule has 0 saturated heterocycles. The van der Waals surface area contributed by atoms with E-state index in [0.29, 0.717) is 0 Å². The Morgan fingerprint density at radius 3 is 1.79 bits per heavy atom. The van der Waals surface area contributed by atoms with Crippen LogP contribution in [0, 0.1) is 0 Å². The van der Waals surface area contributed by atoms with Gasteiger partial charge in [-0.1, -0.05) is 48.5 Å². The van der Waals surface area contributed by atoms with Crippen LogP contribution in [0.15, 0.2) is 95.2 Å². The largest absolute Gasteiger partial charge is 0.367 e. The van der Waals surface area contributed by atoms with Gasteiger partial charge in [0, 0.05) is 18.8 Å². The zero-order valence-corrected chi connectivity index (χ0v) is 13.8. The third-order valence-electron chi connectivity index (χ3n) is 3.85. The van der Waals surface area contributed by atoms with Crippen LogP contribution >= 0.6 is 0 Å². The van der Waals surface area contributed by atoms with E-state index in [4.69, 9.17) is 0 Å². The van der Waals surface area contributed by atoms with E-state index in [1.807, 2.05) is 48.5 Å². The summed E-state index contributed by atoms with van der Waals surface area (Å²) in [6, 6.07) is 28.5. The lowest BCUT2D eigenvalue weighted by Gasteiger charge is -2.23. The molecule has 0 radical (unpaired) electrons. The summed E-state index contributed by atoms with van der Waals surface area (Å²) in [6.07, 6.45) is 0. The molecule has 0 bridgehead atoms. The van der Waals surface area contributed by atoms with Gasteiger partial charge >= 0.3 is 0 Å². The Hall–Kier alpha value is -2.94. The van der Waals surface area contributed by atoms with Crippen molar-refractivity contribution in [3.8, 4) is 0 Å². The molecule has 0 aliphatic rings. The predicted octanol–water partition coefficient (Wildman–Crippen LogP) is 6.13. The first-order valence-electron chi connectivity index (χ1n) is 8.21. The van der Waals surface area contributed by atoms with Gasteiger partial charge in [-0.05, 0) is 48.9 Å². The second kappa shape index (κ2) is 8.06. The fraction of sp³-hybridized carbons (Fsp3) is 0.143. The average molecular weight is 315 g/mol. The third kappa shape index (κ3) is 4.29. The molecule has 0 aliphatic carbocycles. The van der Waals surface area contributed by atoms with Crippen molar-refractivity contribution in [2.75, 3.05) is 11.4 Å². The first kappa shape index (κ1) is 15.9. The summed E-state index contributed by atoms with van der Waals surface area (Å²) in [5, 5.41) is 8.54. The van der Waals surface area contributed by atoms with Gasteiger partial charge < -0.3 is 4.90 Å². The van der Waals surface area contributed by atoms with Gasteiger partial charge in [0.1, 0.15) is 0 Å². The Kier molecular flexibility index (Phi) is 5.36. The Morgan fingerprint density at radius 1 is 0.667 bits per heavy atom. The monoisotopic (exact) mass is 315 g/mol. The van der Waals surface area contributed by atoms with Gasteiger partial charge in [-0.15, -0.1) is 0 Å². The average Bonchev–Trinajstić information content (AvgIpc) is 2.67. The van der Waals surface area contributed by atoms with Crippen LogP contribution in [0.4, 0.5) is 17.1 Å². The van der Waals surface area contributed by atoms with Crippen LogP contribution < -0.4 is 4.90 Å². The Balaban J connectivity index is 1.69. The lowest BCUT2D eigenvalue weighted by molar-refractivity contribution is 0.832. The van der Waals surface area contributed by atoms with Crippen LogP contribution in [0.2, 0.25) is 0 Å². The molecule has 0 heterocycles. The molecule has 0 aliphatic heterocycles. The van der Waals surface area contributed by atoms with Crippen molar-refractivity contribution >= 4 is 17.1 Å². The maximum absolute atomic E-state index is 4.29. The van der Waals surface area contributed by atoms with E-state index < -0.39 is 0 Å². The topological polar surface area (TPSA) is 28.0 Å². The fourth-order valence-electron chi connectivity index (χ4n) is 2.53. The number of hydrogen-bond acceptors (Lipinski definition) is 3. The molecule has 0 spiro atoms. The smallest absolute Gasteiger partial charge is 0.0858 e. The van der Waals surface area contributed by atoms with E-state index in [0.717, 1.165) is 24.5 Å². The van der Waals surface area contributed by atoms with Crippen molar-refractivity contribution in [1.29, 1.82) is 0 Å². The first-order chi connectivity index (χ1) is 11.8. The zero-order chi connectivity index (χ0) is 16.6. The number of hydrogen-bond donors (Lipinski definition) is 0. The van der Waals surface area contributed by atoms with Crippen molar-refractivity contribution in [3.05, 3.63) is 90.5 Å². The molecule has 0 N–H and O–H groups in total. The maximum atomic E-state index is 4.29. The Morgan fingerprint density at radius 2 is 1.21 bits per heavy atom. The minimum Gasteiger partial charge on any atom is -0.367 e. The number of nitrogens with zero attached hydrogens (tertiary/aromatic N) is 3. The standard InChI is InChI=1S/C21H21N3/c1-2-24(17-18-9-5-3-6-10-18)21-15-13-20(14-16-21)23-22-19-11-7-4-8-12-19/h3-16H,2,17H2,1H3/b23-22+. The predicted molar refractivity (Wildman–Crippen MR) is 100 cm³/mol. The molecule has 3 rings (SSSR count). The quantitative estimate of drug-likeness (QED) is 0.503. The number of benzene rings is 3. The second-order valence-corrected chi connectivity index (χ2v) is 5.55. The van der Waals surface area contributed by atoms with Gasteiger partial charge in [0.05, 0.1) is 11.4 Å². The summed E-state index contributed by atoms with van der Waals surface area (Å²) in [4.78, 5) is 2.34. The highest BCUT2D eigenvalue weighted by atomic mass is 15.1. The van der Waals surface area contributed by atoms with Gasteiger partial charge in [0.15, 0.2) is 0 Å². The van der Waals surface area contributed by atoms with E-state index in [1.165, 1.54) is 11.3 Å². The van der Waals surface area contributed by atoms with Gasteiger partial charge in [-0.25, -0.2) is 0 Å². The summed E-state index contributed by atoms with van der Waals surface area (Å²) in [5.41, 5.74) is 4.23. The van der Waals surface area contributed by atoms with Crippen molar-refractivity contribution in [3.63, 3.8) is 0 Å². The molecule has 0 aromatic heterocycles. The number of anilines is 1. The highest BCUT2D eigenvalue weighted by Gasteiger charge is 2.05. The van der Waals surface area contributed by atoms with Gasteiger partial charge in [-0.2, -0.15) is 10.2 Å². The molecule has 24 heavy (non-hydrogen) atoms. The molecule has 0 fully saturated rings. The van der Waals surface area contributed by atoms with Crippen LogP contribution in [-0.2, 0) is 6.54 Å². The molecule has 0 atom stereocenters. The molecule has 3 aromatic rings. The highest BCUT2D eigenvalue weighted by molar-refractivity contribution is 5.53. The fourth-order valence-corrected chi connectivity index (χ4v) is 2.53. The van der Waals surface area contributed by atoms with E-state index in [1.54, 1.807) is 0 Å². The zero-order valence-electron chi connectivity index (χ0n) is 13.8. The molecule has 0 unspecified atom stereocenters. The molecule has 3 heteroatoms. The summed E-state index contributed by atoms with van der Waals surface area (Å²) in [7, 11) is 0. The van der Waals surface area contributed by atoms with Gasteiger partial charge in [0.2, 0.25) is 0 Å². The number of azo groups is 1. The summed E-state index contributed by atoms with van der Waals surface area (Å²) in [6.45, 7) is 4.04. The summed E-state index contributed by atoms with van der Waals surface area (Å²) >= 11 is 0. The van der Waals surface area contributed by atoms with E-state index in [9.17, 15) is 0 Å². The van der Waals surface area contributed by atoms with Crippen molar-refractivity contribution in [2.24, 2.45) is 10.2 Å². The lowest BCUT2D eigenvalue weighted by atomic mass is 10.2. The van der Waals surface area contributed by atoms with E-state index in [2.05, 4.69) is 58.5 Å². The second-order valence-electron chi connectivity index (χ2n) is 5.55. The summed E-state index contributed by atoms with van der Waals surface area (Å²) in [5.74, 6) is 0. The van der Waals surface area contributed by atoms with Crippen molar-refractivity contribution in [1.82, 2.24) is 0 Å². The highest BCUT2D eigenvalue weighted by Crippen LogP contribution is 2.23. The van der Waals surface area contributed by atoms with Gasteiger partial charge in [-0.3, -0.25) is 0 Å². The van der Waals surface area contributed by atoms with E-state index >= 15 is 0 Å². The molecule has 3 nitrogen and oxygen atoms in total. The molecule has 120 valence electrons. The van der Waals surface area contributed by atoms with Crippen LogP contribution in [0.5, 0.6) is 0 Å². The maximum Gasteiger partial charge on any atom is 0.0858 e. The third-order valence-corrected chi connectivity index (χ3v) is 3.85. The molecule has 0 amide bonds. The minimum atomic E-state index is 0.860. The number of rotatable bonds is 6. The van der Waals surface area contributed by atoms with E-state index in [-0.39, 0.29) is 0 Å². The van der Waals surface area contributed by atoms with Crippen LogP contribution in [0.1, 0.15) is 12.5 Å². The van der Waals surface area contributed by atoms with Crippen LogP contribution in [-0.4, -0.2) is 6.54 Å². The summed E-state index contributed by atoms with van der Waals surface area (Å²) < 4.78 is 0. The Bertz CT molecular complexity index is 765. The molecular weight excluding hydrogens is 294 g/mol. The van der Waals surface area contributed by atoms with Crippen LogP contribution in [0.25, 0.3) is 0 Å². The van der Waals surface area contributed by atoms with Crippen molar-refractivity contribution in [2.45, 2.75) is 13.5 Å². The van der Waals surface area contributed by atoms with Crippen LogP contribution in [0.3, 0.4) is 0 Å². The molecule has 3 aromatic carbocycles. The lowest BCUT2D eigenvalue weighted by Crippen LogP contribution is -2.21. The Labute approximate surface area is 143 Å². The van der Waals surface area contributed by atoms with Gasteiger partial charge in [0.25, 0.3) is 0 Å². The SMILES string of the molecule is CCN(Cc1ccccc1)c1ccc(/N=N/c2ccccc2)cc1.